The number of para-hydroxylation sites is 1. The third kappa shape index (κ3) is 5.35. The van der Waals surface area contributed by atoms with Gasteiger partial charge in [0.25, 0.3) is 5.91 Å². The number of carbonyl (C=O) groups excluding carboxylic acids is 2. The third-order valence-corrected chi connectivity index (χ3v) is 5.36. The van der Waals surface area contributed by atoms with Crippen molar-refractivity contribution in [2.75, 3.05) is 31.5 Å². The zero-order chi connectivity index (χ0) is 21.6. The highest BCUT2D eigenvalue weighted by Gasteiger charge is 2.24. The summed E-state index contributed by atoms with van der Waals surface area (Å²) in [4.78, 5) is 35.3. The van der Waals surface area contributed by atoms with E-state index in [9.17, 15) is 9.59 Å². The molecule has 8 nitrogen and oxygen atoms in total. The largest absolute Gasteiger partial charge is 0.348 e. The molecule has 3 aromatic rings. The number of rotatable bonds is 6. The van der Waals surface area contributed by atoms with E-state index in [4.69, 9.17) is 0 Å². The SMILES string of the molecule is Cc1cc(NC(=O)NCCN2CCC(NC(=O)c3ccncc3)C2)c2ccccc2n1. The van der Waals surface area contributed by atoms with Gasteiger partial charge in [-0.3, -0.25) is 19.7 Å². The standard InChI is InChI=1S/C23H26N6O2/c1-16-14-21(19-4-2-3-5-20(19)26-16)28-23(31)25-11-13-29-12-8-18(15-29)27-22(30)17-6-9-24-10-7-17/h2-7,9-10,14,18H,8,11-13,15H2,1H3,(H,27,30)(H2,25,26,28,31). The quantitative estimate of drug-likeness (QED) is 0.571. The van der Waals surface area contributed by atoms with Crippen LogP contribution in [0.15, 0.2) is 54.9 Å². The summed E-state index contributed by atoms with van der Waals surface area (Å²) in [5, 5.41) is 9.83. The van der Waals surface area contributed by atoms with Crippen molar-refractivity contribution in [2.45, 2.75) is 19.4 Å². The van der Waals surface area contributed by atoms with Gasteiger partial charge in [0.05, 0.1) is 11.2 Å². The van der Waals surface area contributed by atoms with Crippen LogP contribution in [0, 0.1) is 6.92 Å². The summed E-state index contributed by atoms with van der Waals surface area (Å²) in [6, 6.07) is 12.9. The summed E-state index contributed by atoms with van der Waals surface area (Å²) < 4.78 is 0. The summed E-state index contributed by atoms with van der Waals surface area (Å²) in [5.41, 5.74) is 3.08. The molecule has 1 saturated heterocycles. The number of likely N-dealkylation sites (tertiary alicyclic amines) is 1. The van der Waals surface area contributed by atoms with Crippen molar-refractivity contribution in [1.82, 2.24) is 25.5 Å². The lowest BCUT2D eigenvalue weighted by molar-refractivity contribution is 0.0937. The minimum atomic E-state index is -0.238. The second-order valence-corrected chi connectivity index (χ2v) is 7.70. The average Bonchev–Trinajstić information content (AvgIpc) is 3.21. The molecule has 2 aromatic heterocycles. The van der Waals surface area contributed by atoms with Gasteiger partial charge in [-0.15, -0.1) is 0 Å². The Morgan fingerprint density at radius 2 is 1.97 bits per heavy atom. The van der Waals surface area contributed by atoms with Crippen LogP contribution in [-0.2, 0) is 0 Å². The first-order valence-corrected chi connectivity index (χ1v) is 10.4. The number of amides is 3. The molecule has 0 bridgehead atoms. The van der Waals surface area contributed by atoms with Crippen LogP contribution in [0.1, 0.15) is 22.5 Å². The van der Waals surface area contributed by atoms with Gasteiger partial charge < -0.3 is 16.0 Å². The van der Waals surface area contributed by atoms with Crippen molar-refractivity contribution in [1.29, 1.82) is 0 Å². The zero-order valence-electron chi connectivity index (χ0n) is 17.5. The second kappa shape index (κ2) is 9.53. The monoisotopic (exact) mass is 418 g/mol. The van der Waals surface area contributed by atoms with Crippen molar-refractivity contribution >= 4 is 28.5 Å². The van der Waals surface area contributed by atoms with Gasteiger partial charge >= 0.3 is 6.03 Å². The highest BCUT2D eigenvalue weighted by Crippen LogP contribution is 2.22. The first-order valence-electron chi connectivity index (χ1n) is 10.4. The number of aromatic nitrogens is 2. The first-order chi connectivity index (χ1) is 15.1. The summed E-state index contributed by atoms with van der Waals surface area (Å²) in [7, 11) is 0. The molecule has 31 heavy (non-hydrogen) atoms. The molecule has 160 valence electrons. The van der Waals surface area contributed by atoms with Gasteiger partial charge in [0.15, 0.2) is 0 Å². The summed E-state index contributed by atoms with van der Waals surface area (Å²) in [6.45, 7) is 4.82. The van der Waals surface area contributed by atoms with Gasteiger partial charge in [0.1, 0.15) is 0 Å². The number of pyridine rings is 2. The van der Waals surface area contributed by atoms with Crippen LogP contribution in [-0.4, -0.2) is 59.0 Å². The number of hydrogen-bond acceptors (Lipinski definition) is 5. The molecule has 1 unspecified atom stereocenters. The van der Waals surface area contributed by atoms with Crippen LogP contribution >= 0.6 is 0 Å². The van der Waals surface area contributed by atoms with E-state index in [0.29, 0.717) is 12.1 Å². The molecule has 3 amide bonds. The molecule has 1 aromatic carbocycles. The molecule has 8 heteroatoms. The van der Waals surface area contributed by atoms with E-state index in [0.717, 1.165) is 48.3 Å². The maximum Gasteiger partial charge on any atom is 0.319 e. The van der Waals surface area contributed by atoms with Crippen molar-refractivity contribution in [3.05, 3.63) is 66.1 Å². The lowest BCUT2D eigenvalue weighted by Gasteiger charge is -2.17. The van der Waals surface area contributed by atoms with Crippen LogP contribution in [0.5, 0.6) is 0 Å². The van der Waals surface area contributed by atoms with Crippen LogP contribution in [0.2, 0.25) is 0 Å². The lowest BCUT2D eigenvalue weighted by atomic mass is 10.1. The predicted molar refractivity (Wildman–Crippen MR) is 120 cm³/mol. The second-order valence-electron chi connectivity index (χ2n) is 7.70. The van der Waals surface area contributed by atoms with E-state index >= 15 is 0 Å². The molecule has 0 spiro atoms. The number of urea groups is 1. The Labute approximate surface area is 181 Å². The fourth-order valence-electron chi connectivity index (χ4n) is 3.83. The number of hydrogen-bond donors (Lipinski definition) is 3. The van der Waals surface area contributed by atoms with Crippen molar-refractivity contribution in [3.8, 4) is 0 Å². The molecule has 3 heterocycles. The van der Waals surface area contributed by atoms with E-state index in [2.05, 4.69) is 30.8 Å². The third-order valence-electron chi connectivity index (χ3n) is 5.36. The Morgan fingerprint density at radius 1 is 1.16 bits per heavy atom. The van der Waals surface area contributed by atoms with E-state index in [1.54, 1.807) is 24.5 Å². The maximum atomic E-state index is 12.4. The number of nitrogens with one attached hydrogen (secondary N) is 3. The first kappa shape index (κ1) is 20.7. The van der Waals surface area contributed by atoms with Crippen molar-refractivity contribution in [2.24, 2.45) is 0 Å². The molecule has 0 aliphatic carbocycles. The molecule has 0 radical (unpaired) electrons. The minimum Gasteiger partial charge on any atom is -0.348 e. The molecular weight excluding hydrogens is 392 g/mol. The van der Waals surface area contributed by atoms with Gasteiger partial charge in [-0.1, -0.05) is 18.2 Å². The molecule has 1 atom stereocenters. The molecule has 1 aliphatic rings. The molecular formula is C23H26N6O2. The van der Waals surface area contributed by atoms with Crippen molar-refractivity contribution in [3.63, 3.8) is 0 Å². The Hall–Kier alpha value is -3.52. The summed E-state index contributed by atoms with van der Waals surface area (Å²) in [6.07, 6.45) is 4.12. The molecule has 3 N–H and O–H groups in total. The fraction of sp³-hybridized carbons (Fsp3) is 0.304. The summed E-state index contributed by atoms with van der Waals surface area (Å²) >= 11 is 0. The van der Waals surface area contributed by atoms with Gasteiger partial charge in [0, 0.05) is 61.3 Å². The Bertz CT molecular complexity index is 1070. The van der Waals surface area contributed by atoms with Gasteiger partial charge in [0.2, 0.25) is 0 Å². The topological polar surface area (TPSA) is 99.2 Å². The Morgan fingerprint density at radius 3 is 2.81 bits per heavy atom. The van der Waals surface area contributed by atoms with E-state index < -0.39 is 0 Å². The number of benzene rings is 1. The minimum absolute atomic E-state index is 0.0772. The van der Waals surface area contributed by atoms with E-state index in [-0.39, 0.29) is 18.0 Å². The molecule has 0 saturated carbocycles. The molecule has 4 rings (SSSR count). The smallest absolute Gasteiger partial charge is 0.319 e. The molecule has 1 aliphatic heterocycles. The summed E-state index contributed by atoms with van der Waals surface area (Å²) in [5.74, 6) is -0.0772. The lowest BCUT2D eigenvalue weighted by Crippen LogP contribution is -2.39. The van der Waals surface area contributed by atoms with Crippen LogP contribution in [0.3, 0.4) is 0 Å². The van der Waals surface area contributed by atoms with Gasteiger partial charge in [-0.25, -0.2) is 4.79 Å². The van der Waals surface area contributed by atoms with Crippen molar-refractivity contribution < 1.29 is 9.59 Å². The van der Waals surface area contributed by atoms with Crippen LogP contribution in [0.4, 0.5) is 10.5 Å². The zero-order valence-corrected chi connectivity index (χ0v) is 17.5. The van der Waals surface area contributed by atoms with Gasteiger partial charge in [-0.05, 0) is 37.6 Å². The number of nitrogens with zero attached hydrogens (tertiary/aromatic N) is 3. The Balaban J connectivity index is 1.22. The van der Waals surface area contributed by atoms with Gasteiger partial charge in [-0.2, -0.15) is 0 Å². The predicted octanol–water partition coefficient (Wildman–Crippen LogP) is 2.56. The highest BCUT2D eigenvalue weighted by atomic mass is 16.2. The number of carbonyl (C=O) groups is 2. The fourth-order valence-corrected chi connectivity index (χ4v) is 3.83. The Kier molecular flexibility index (Phi) is 6.37. The highest BCUT2D eigenvalue weighted by molar-refractivity contribution is 6.00. The van der Waals surface area contributed by atoms with Crippen LogP contribution < -0.4 is 16.0 Å². The average molecular weight is 419 g/mol. The normalized spacial score (nSPS) is 16.2. The van der Waals surface area contributed by atoms with E-state index in [1.807, 2.05) is 37.3 Å². The van der Waals surface area contributed by atoms with Crippen LogP contribution in [0.25, 0.3) is 10.9 Å². The number of aryl methyl sites for hydroxylation is 1. The molecule has 1 fully saturated rings. The number of anilines is 1. The maximum absolute atomic E-state index is 12.4. The van der Waals surface area contributed by atoms with E-state index in [1.165, 1.54) is 0 Å². The number of fused-ring (bicyclic) bond motifs is 1.